The second-order valence-electron chi connectivity index (χ2n) is 21.9. The monoisotopic (exact) mass is 1210 g/mol. The number of carboxylic acids is 1. The molecule has 0 spiro atoms. The number of thiazole rings is 1. The van der Waals surface area contributed by atoms with Crippen LogP contribution in [0.5, 0.6) is 5.75 Å². The summed E-state index contributed by atoms with van der Waals surface area (Å²) in [6.07, 6.45) is 1.98. The number of carbonyl (C=O) groups excluding carboxylic acids is 9. The number of anilines is 1. The van der Waals surface area contributed by atoms with Crippen molar-refractivity contribution in [3.63, 3.8) is 0 Å². The Morgan fingerprint density at radius 1 is 0.855 bits per heavy atom. The fourth-order valence-electron chi connectivity index (χ4n) is 8.65. The largest absolute Gasteiger partial charge is 0.506 e. The van der Waals surface area contributed by atoms with Crippen LogP contribution in [-0.4, -0.2) is 160 Å². The summed E-state index contributed by atoms with van der Waals surface area (Å²) in [7, 11) is 4.92. The van der Waals surface area contributed by atoms with Gasteiger partial charge in [0.25, 0.3) is 11.1 Å². The molecule has 466 valence electrons. The van der Waals surface area contributed by atoms with E-state index in [2.05, 4.69) is 44.2 Å². The number of ether oxygens (including phenoxy) is 2. The second kappa shape index (κ2) is 37.2. The summed E-state index contributed by atoms with van der Waals surface area (Å²) < 4.78 is 11.5. The summed E-state index contributed by atoms with van der Waals surface area (Å²) in [6.45, 7) is 16.3. The van der Waals surface area contributed by atoms with Crippen LogP contribution in [0.3, 0.4) is 0 Å². The van der Waals surface area contributed by atoms with Crippen LogP contribution in [0.1, 0.15) is 173 Å². The third-order valence-electron chi connectivity index (χ3n) is 13.8. The van der Waals surface area contributed by atoms with Crippen molar-refractivity contribution >= 4 is 88.2 Å². The zero-order valence-corrected chi connectivity index (χ0v) is 52.1. The quantitative estimate of drug-likeness (QED) is 0.00881. The Kier molecular flexibility index (Phi) is 32.6. The molecule has 24 nitrogen and oxygen atoms in total. The van der Waals surface area contributed by atoms with E-state index in [1.807, 2.05) is 27.7 Å². The SMILES string of the molecule is CCC(=O)N(CCCC(=O)N[C@@H](CCCCNC(=O)CC(C)(C)OCN(C)OC)C(=O)NCCCC(=O)Nc1cc(C[C@@H](CC(C)C(=O)O)NC(=O)c2csc([C@@H](CC(C(C)C)N(C)C(=O)C[C@@H](C)CC)OC(C)=O)n2)ccc1O)C(=O)S. The van der Waals surface area contributed by atoms with E-state index in [-0.39, 0.29) is 131 Å². The molecule has 1 aromatic carbocycles. The second-order valence-corrected chi connectivity index (χ2v) is 23.1. The fourth-order valence-corrected chi connectivity index (χ4v) is 9.70. The lowest BCUT2D eigenvalue weighted by Gasteiger charge is -2.34. The van der Waals surface area contributed by atoms with Crippen molar-refractivity contribution < 1.29 is 72.5 Å². The highest BCUT2D eigenvalue weighted by Gasteiger charge is 2.32. The highest BCUT2D eigenvalue weighted by Crippen LogP contribution is 2.32. The molecule has 2 rings (SSSR count). The molecule has 7 N–H and O–H groups in total. The normalized spacial score (nSPS) is 13.6. The summed E-state index contributed by atoms with van der Waals surface area (Å²) >= 11 is 4.87. The average molecular weight is 1210 g/mol. The number of nitrogens with one attached hydrogen (secondary N) is 5. The minimum absolute atomic E-state index is 0.000368. The Hall–Kier alpha value is -6.22. The number of carbonyl (C=O) groups is 10. The third-order valence-corrected chi connectivity index (χ3v) is 15.0. The van der Waals surface area contributed by atoms with Crippen molar-refractivity contribution in [3.05, 3.63) is 39.8 Å². The number of amides is 8. The van der Waals surface area contributed by atoms with E-state index in [0.717, 1.165) is 22.7 Å². The molecule has 8 amide bonds. The molecule has 0 fully saturated rings. The Balaban J connectivity index is 2.15. The average Bonchev–Trinajstić information content (AvgIpc) is 4.03. The van der Waals surface area contributed by atoms with Gasteiger partial charge in [0.05, 0.1) is 30.7 Å². The smallest absolute Gasteiger partial charge is 0.306 e. The van der Waals surface area contributed by atoms with Gasteiger partial charge < -0.3 is 56.0 Å². The summed E-state index contributed by atoms with van der Waals surface area (Å²) in [5, 5.41) is 37.1. The number of nitrogens with zero attached hydrogens (tertiary/aromatic N) is 4. The summed E-state index contributed by atoms with van der Waals surface area (Å²) in [6, 6.07) is 2.35. The van der Waals surface area contributed by atoms with Crippen molar-refractivity contribution in [2.45, 2.75) is 182 Å². The lowest BCUT2D eigenvalue weighted by atomic mass is 9.95. The number of thiol groups is 1. The molecule has 2 unspecified atom stereocenters. The molecule has 0 radical (unpaired) electrons. The maximum Gasteiger partial charge on any atom is 0.306 e. The zero-order valence-electron chi connectivity index (χ0n) is 50.4. The van der Waals surface area contributed by atoms with Gasteiger partial charge in [0.1, 0.15) is 29.2 Å². The molecule has 83 heavy (non-hydrogen) atoms. The van der Waals surface area contributed by atoms with Gasteiger partial charge in [-0.3, -0.25) is 52.8 Å². The number of hydrogen-bond acceptors (Lipinski definition) is 17. The molecule has 0 aliphatic carbocycles. The Labute approximate surface area is 498 Å². The maximum absolute atomic E-state index is 13.8. The standard InChI is InChI=1S/C57H91N9O15S2/c1-13-36(5)27-51(73)65(11)44(35(3)4)31-46(81-38(7)67)54-63-43(33-83-54)53(75)60-40(28-37(6)55(76)77)29-39-22-23-45(68)42(30-39)62-47(69)20-17-25-59-52(74)41(61-48(70)21-18-26-66(56(78)82)50(72)14-2)19-15-16-24-58-49(71)32-57(8,9)80-34-64(10)79-12/h22-23,30,33,35-37,40-41,44,46,68H,13-21,24-29,31-32,34H2,1-12H3,(H,58,71)(H,59,74)(H,60,75)(H,61,70)(H,62,69)(H,76,77)(H,78,82)/t36-,37?,40+,41-,44?,46+/m0/s1. The molecular formula is C57H91N9O15S2. The van der Waals surface area contributed by atoms with Crippen LogP contribution in [-0.2, 0) is 59.1 Å². The van der Waals surface area contributed by atoms with Gasteiger partial charge >= 0.3 is 11.9 Å². The Morgan fingerprint density at radius 2 is 1.53 bits per heavy atom. The molecule has 0 aliphatic rings. The number of aromatic nitrogens is 1. The van der Waals surface area contributed by atoms with Crippen LogP contribution in [0.4, 0.5) is 10.5 Å². The predicted octanol–water partition coefficient (Wildman–Crippen LogP) is 6.52. The first-order chi connectivity index (χ1) is 39.0. The maximum atomic E-state index is 13.8. The lowest BCUT2D eigenvalue weighted by Crippen LogP contribution is -2.47. The van der Waals surface area contributed by atoms with E-state index in [1.54, 1.807) is 45.8 Å². The van der Waals surface area contributed by atoms with Gasteiger partial charge in [0.2, 0.25) is 35.4 Å². The first kappa shape index (κ1) is 72.9. The molecule has 1 heterocycles. The number of aromatic hydroxyl groups is 1. The van der Waals surface area contributed by atoms with Crippen LogP contribution in [0.25, 0.3) is 0 Å². The fraction of sp³-hybridized carbons (Fsp3) is 0.667. The van der Waals surface area contributed by atoms with Gasteiger partial charge in [0, 0.05) is 90.2 Å². The predicted molar refractivity (Wildman–Crippen MR) is 316 cm³/mol. The van der Waals surface area contributed by atoms with Crippen LogP contribution >= 0.6 is 24.0 Å². The van der Waals surface area contributed by atoms with Crippen molar-refractivity contribution in [1.82, 2.24) is 41.1 Å². The molecule has 2 aromatic rings. The van der Waals surface area contributed by atoms with Crippen LogP contribution in [0.15, 0.2) is 23.6 Å². The first-order valence-electron chi connectivity index (χ1n) is 28.3. The minimum atomic E-state index is -1.09. The summed E-state index contributed by atoms with van der Waals surface area (Å²) in [5.41, 5.74) is -0.183. The number of rotatable bonds is 39. The van der Waals surface area contributed by atoms with E-state index in [9.17, 15) is 58.2 Å². The molecule has 1 aromatic heterocycles. The van der Waals surface area contributed by atoms with Gasteiger partial charge in [-0.1, -0.05) is 66.7 Å². The highest BCUT2D eigenvalue weighted by atomic mass is 32.1. The third kappa shape index (κ3) is 27.8. The number of imide groups is 1. The highest BCUT2D eigenvalue weighted by molar-refractivity contribution is 7.96. The number of unbranched alkanes of at least 4 members (excludes halogenated alkanes) is 1. The number of hydrogen-bond donors (Lipinski definition) is 8. The molecule has 0 aliphatic heterocycles. The van der Waals surface area contributed by atoms with Crippen molar-refractivity contribution in [3.8, 4) is 5.75 Å². The van der Waals surface area contributed by atoms with Gasteiger partial charge in [-0.15, -0.1) is 11.3 Å². The van der Waals surface area contributed by atoms with Crippen LogP contribution in [0.2, 0.25) is 0 Å². The number of benzene rings is 1. The van der Waals surface area contributed by atoms with Crippen molar-refractivity contribution in [2.75, 3.05) is 52.9 Å². The van der Waals surface area contributed by atoms with E-state index >= 15 is 0 Å². The number of hydroxylamine groups is 2. The number of phenolic OH excluding ortho intramolecular Hbond substituents is 1. The number of phenols is 1. The lowest BCUT2D eigenvalue weighted by molar-refractivity contribution is -0.199. The van der Waals surface area contributed by atoms with Gasteiger partial charge in [0.15, 0.2) is 6.10 Å². The molecule has 0 saturated carbocycles. The summed E-state index contributed by atoms with van der Waals surface area (Å²) in [4.78, 5) is 140. The van der Waals surface area contributed by atoms with Crippen LogP contribution in [0, 0.1) is 17.8 Å². The first-order valence-corrected chi connectivity index (χ1v) is 29.6. The van der Waals surface area contributed by atoms with Crippen molar-refractivity contribution in [1.29, 1.82) is 0 Å². The molecule has 6 atom stereocenters. The van der Waals surface area contributed by atoms with E-state index in [1.165, 1.54) is 43.5 Å². The van der Waals surface area contributed by atoms with E-state index < -0.39 is 76.4 Å². The number of carboxylic acid groups (broad SMARTS) is 1. The zero-order chi connectivity index (χ0) is 62.6. The molecule has 0 bridgehead atoms. The minimum Gasteiger partial charge on any atom is -0.506 e. The van der Waals surface area contributed by atoms with Gasteiger partial charge in [-0.2, -0.15) is 5.06 Å². The van der Waals surface area contributed by atoms with Gasteiger partial charge in [-0.25, -0.2) is 4.98 Å². The topological polar surface area (TPSA) is 322 Å². The Bertz CT molecular complexity index is 2480. The van der Waals surface area contributed by atoms with E-state index in [0.29, 0.717) is 36.4 Å². The number of esters is 1. The molecular weight excluding hydrogens is 1110 g/mol. The molecule has 0 saturated heterocycles. The Morgan fingerprint density at radius 3 is 2.14 bits per heavy atom. The van der Waals surface area contributed by atoms with E-state index in [4.69, 9.17) is 14.3 Å². The van der Waals surface area contributed by atoms with Crippen molar-refractivity contribution in [2.24, 2.45) is 17.8 Å². The summed E-state index contributed by atoms with van der Waals surface area (Å²) in [5.74, 6) is -5.48. The molecule has 26 heteroatoms. The number of aliphatic carboxylic acids is 1. The van der Waals surface area contributed by atoms with Crippen LogP contribution < -0.4 is 26.6 Å². The van der Waals surface area contributed by atoms with Gasteiger partial charge in [-0.05, 0) is 88.3 Å².